The first-order valence-electron chi connectivity index (χ1n) is 9.19. The highest BCUT2D eigenvalue weighted by molar-refractivity contribution is 7.15. The summed E-state index contributed by atoms with van der Waals surface area (Å²) < 4.78 is 37.0. The van der Waals surface area contributed by atoms with Crippen molar-refractivity contribution in [2.24, 2.45) is 0 Å². The van der Waals surface area contributed by atoms with Gasteiger partial charge in [0.05, 0.1) is 5.56 Å². The first kappa shape index (κ1) is 20.6. The Kier molecular flexibility index (Phi) is 5.99. The molecule has 0 bridgehead atoms. The van der Waals surface area contributed by atoms with Crippen molar-refractivity contribution in [3.63, 3.8) is 0 Å². The summed E-state index contributed by atoms with van der Waals surface area (Å²) in [6, 6.07) is 10.5. The van der Waals surface area contributed by atoms with Gasteiger partial charge in [-0.05, 0) is 29.8 Å². The Balaban J connectivity index is 1.42. The van der Waals surface area contributed by atoms with Crippen molar-refractivity contribution in [1.82, 2.24) is 15.1 Å². The van der Waals surface area contributed by atoms with Gasteiger partial charge in [0.2, 0.25) is 11.7 Å². The van der Waals surface area contributed by atoms with Crippen LogP contribution in [0.2, 0.25) is 0 Å². The summed E-state index contributed by atoms with van der Waals surface area (Å²) >= 11 is 1.25. The number of ether oxygens (including phenoxy) is 1. The monoisotopic (exact) mass is 442 g/mol. The number of hydrogen-bond acceptors (Lipinski definition) is 7. The highest BCUT2D eigenvalue weighted by Crippen LogP contribution is 2.25. The minimum atomic E-state index is -0.900. The van der Waals surface area contributed by atoms with Crippen LogP contribution in [0.3, 0.4) is 0 Å². The van der Waals surface area contributed by atoms with Crippen molar-refractivity contribution in [3.8, 4) is 5.75 Å². The van der Waals surface area contributed by atoms with E-state index in [0.29, 0.717) is 40.1 Å². The van der Waals surface area contributed by atoms with Crippen LogP contribution < -0.4 is 10.1 Å². The zero-order valence-corrected chi connectivity index (χ0v) is 17.1. The molecule has 2 heterocycles. The molecule has 0 spiro atoms. The normalized spacial score (nSPS) is 10.8. The minimum Gasteiger partial charge on any atom is -0.485 e. The van der Waals surface area contributed by atoms with Gasteiger partial charge < -0.3 is 9.26 Å². The molecule has 4 aromatic rings. The van der Waals surface area contributed by atoms with E-state index in [9.17, 15) is 13.6 Å². The topological polar surface area (TPSA) is 90.1 Å². The highest BCUT2D eigenvalue weighted by atomic mass is 32.1. The summed E-state index contributed by atoms with van der Waals surface area (Å²) in [6.45, 7) is 1.73. The summed E-state index contributed by atoms with van der Waals surface area (Å²) in [7, 11) is 0. The van der Waals surface area contributed by atoms with Gasteiger partial charge in [0, 0.05) is 24.4 Å². The summed E-state index contributed by atoms with van der Waals surface area (Å²) in [5, 5.41) is 6.87. The fourth-order valence-corrected chi connectivity index (χ4v) is 3.63. The van der Waals surface area contributed by atoms with E-state index in [1.807, 2.05) is 0 Å². The molecular weight excluding hydrogens is 426 g/mol. The van der Waals surface area contributed by atoms with Crippen LogP contribution in [0.4, 0.5) is 13.9 Å². The lowest BCUT2D eigenvalue weighted by molar-refractivity contribution is 0.102. The molecule has 0 saturated carbocycles. The van der Waals surface area contributed by atoms with Gasteiger partial charge in [-0.25, -0.2) is 13.8 Å². The number of halogens is 2. The lowest BCUT2D eigenvalue weighted by Crippen LogP contribution is -2.13. The molecule has 0 fully saturated rings. The van der Waals surface area contributed by atoms with E-state index < -0.39 is 17.5 Å². The number of aryl methyl sites for hydroxylation is 1. The van der Waals surface area contributed by atoms with E-state index in [2.05, 4.69) is 20.4 Å². The quantitative estimate of drug-likeness (QED) is 0.452. The number of nitrogens with zero attached hydrogens (tertiary/aromatic N) is 3. The van der Waals surface area contributed by atoms with Gasteiger partial charge in [0.1, 0.15) is 5.75 Å². The summed E-state index contributed by atoms with van der Waals surface area (Å²) in [5.74, 6) is -1.03. The predicted molar refractivity (Wildman–Crippen MR) is 109 cm³/mol. The average molecular weight is 442 g/mol. The number of thiazole rings is 1. The van der Waals surface area contributed by atoms with E-state index in [1.165, 1.54) is 17.4 Å². The van der Waals surface area contributed by atoms with Crippen molar-refractivity contribution in [1.29, 1.82) is 0 Å². The molecule has 7 nitrogen and oxygen atoms in total. The van der Waals surface area contributed by atoms with Crippen LogP contribution in [-0.2, 0) is 13.0 Å². The van der Waals surface area contributed by atoms with Crippen LogP contribution in [0.15, 0.2) is 53.2 Å². The van der Waals surface area contributed by atoms with Gasteiger partial charge in [0.25, 0.3) is 5.91 Å². The number of amides is 1. The third kappa shape index (κ3) is 5.10. The molecule has 0 radical (unpaired) electrons. The van der Waals surface area contributed by atoms with Crippen LogP contribution in [0, 0.1) is 18.6 Å². The number of anilines is 1. The standard InChI is InChI=1S/C21H16F2N4O3S/c1-12-25-19(27-30-12)11-29-18-5-3-2-4-15(18)20(28)26-21-24-10-14(31-21)8-13-6-7-16(22)17(23)9-13/h2-7,9-10H,8,11H2,1H3,(H,24,26,28). The first-order valence-corrected chi connectivity index (χ1v) is 10.0. The summed E-state index contributed by atoms with van der Waals surface area (Å²) in [6.07, 6.45) is 1.96. The number of nitrogens with one attached hydrogen (secondary N) is 1. The van der Waals surface area contributed by atoms with Gasteiger partial charge in [0.15, 0.2) is 23.4 Å². The molecule has 0 aliphatic rings. The average Bonchev–Trinajstić information content (AvgIpc) is 3.38. The third-order valence-corrected chi connectivity index (χ3v) is 5.11. The van der Waals surface area contributed by atoms with E-state index >= 15 is 0 Å². The number of benzene rings is 2. The molecule has 2 aromatic heterocycles. The zero-order valence-electron chi connectivity index (χ0n) is 16.3. The van der Waals surface area contributed by atoms with Crippen LogP contribution in [0.5, 0.6) is 5.75 Å². The predicted octanol–water partition coefficient (Wildman–Crippen LogP) is 4.53. The molecular formula is C21H16F2N4O3S. The van der Waals surface area contributed by atoms with Gasteiger partial charge >= 0.3 is 0 Å². The fraction of sp³-hybridized carbons (Fsp3) is 0.143. The maximum absolute atomic E-state index is 13.4. The number of carbonyl (C=O) groups is 1. The molecule has 0 aliphatic carbocycles. The van der Waals surface area contributed by atoms with E-state index in [0.717, 1.165) is 17.0 Å². The Morgan fingerprint density at radius 3 is 2.81 bits per heavy atom. The lowest BCUT2D eigenvalue weighted by Gasteiger charge is -2.09. The maximum atomic E-state index is 13.4. The second-order valence-corrected chi connectivity index (χ2v) is 7.64. The molecule has 1 amide bonds. The van der Waals surface area contributed by atoms with E-state index in [-0.39, 0.29) is 6.61 Å². The van der Waals surface area contributed by atoms with Crippen molar-refractivity contribution >= 4 is 22.4 Å². The third-order valence-electron chi connectivity index (χ3n) is 4.19. The fourth-order valence-electron chi connectivity index (χ4n) is 2.78. The Bertz CT molecular complexity index is 1220. The highest BCUT2D eigenvalue weighted by Gasteiger charge is 2.15. The molecule has 158 valence electrons. The number of carbonyl (C=O) groups excluding carboxylic acids is 1. The number of aromatic nitrogens is 3. The largest absolute Gasteiger partial charge is 0.485 e. The lowest BCUT2D eigenvalue weighted by atomic mass is 10.1. The second-order valence-electron chi connectivity index (χ2n) is 6.53. The summed E-state index contributed by atoms with van der Waals surface area (Å²) in [5.41, 5.74) is 0.927. The minimum absolute atomic E-state index is 0.0528. The van der Waals surface area contributed by atoms with Crippen LogP contribution in [0.25, 0.3) is 0 Å². The molecule has 0 atom stereocenters. The first-order chi connectivity index (χ1) is 15.0. The van der Waals surface area contributed by atoms with Crippen LogP contribution >= 0.6 is 11.3 Å². The SMILES string of the molecule is Cc1nc(COc2ccccc2C(=O)Nc2ncc(Cc3ccc(F)c(F)c3)s2)no1. The molecule has 10 heteroatoms. The van der Waals surface area contributed by atoms with E-state index in [1.54, 1.807) is 37.4 Å². The maximum Gasteiger partial charge on any atom is 0.261 e. The Morgan fingerprint density at radius 2 is 2.03 bits per heavy atom. The molecule has 1 N–H and O–H groups in total. The number of hydrogen-bond donors (Lipinski definition) is 1. The smallest absolute Gasteiger partial charge is 0.261 e. The van der Waals surface area contributed by atoms with Gasteiger partial charge in [-0.1, -0.05) is 23.4 Å². The summed E-state index contributed by atoms with van der Waals surface area (Å²) in [4.78, 5) is 21.8. The van der Waals surface area contributed by atoms with Crippen molar-refractivity contribution in [3.05, 3.63) is 88.0 Å². The van der Waals surface area contributed by atoms with Crippen molar-refractivity contribution < 1.29 is 22.8 Å². The zero-order chi connectivity index (χ0) is 21.8. The van der Waals surface area contributed by atoms with Crippen molar-refractivity contribution in [2.75, 3.05) is 5.32 Å². The molecule has 0 unspecified atom stereocenters. The van der Waals surface area contributed by atoms with Crippen LogP contribution in [0.1, 0.15) is 32.5 Å². The Hall–Kier alpha value is -3.66. The van der Waals surface area contributed by atoms with Gasteiger partial charge in [-0.3, -0.25) is 10.1 Å². The molecule has 0 aliphatic heterocycles. The molecule has 0 saturated heterocycles. The molecule has 4 rings (SSSR count). The second kappa shape index (κ2) is 9.00. The van der Waals surface area contributed by atoms with E-state index in [4.69, 9.17) is 9.26 Å². The number of rotatable bonds is 7. The molecule has 31 heavy (non-hydrogen) atoms. The van der Waals surface area contributed by atoms with Crippen LogP contribution in [-0.4, -0.2) is 21.0 Å². The van der Waals surface area contributed by atoms with Crippen molar-refractivity contribution in [2.45, 2.75) is 20.0 Å². The number of para-hydroxylation sites is 1. The van der Waals surface area contributed by atoms with Gasteiger partial charge in [-0.2, -0.15) is 4.98 Å². The Morgan fingerprint density at radius 1 is 1.19 bits per heavy atom. The van der Waals surface area contributed by atoms with Gasteiger partial charge in [-0.15, -0.1) is 11.3 Å². The Labute approximate surface area is 179 Å². The molecule has 2 aromatic carbocycles.